The molecular weight excluding hydrogens is 376 g/mol. The Labute approximate surface area is 171 Å². The first kappa shape index (κ1) is 17.8. The van der Waals surface area contributed by atoms with Crippen molar-refractivity contribution in [2.24, 2.45) is 0 Å². The first-order chi connectivity index (χ1) is 14.7. The second kappa shape index (κ2) is 7.25. The maximum Gasteiger partial charge on any atom is 0.313 e. The van der Waals surface area contributed by atoms with E-state index in [4.69, 9.17) is 0 Å². The maximum absolute atomic E-state index is 12.8. The van der Waals surface area contributed by atoms with Crippen LogP contribution in [0.2, 0.25) is 0 Å². The summed E-state index contributed by atoms with van der Waals surface area (Å²) in [6.45, 7) is 0. The molecule has 0 unspecified atom stereocenters. The average molecular weight is 392 g/mol. The largest absolute Gasteiger partial charge is 0.351 e. The topological polar surface area (TPSA) is 87.7 Å². The van der Waals surface area contributed by atoms with Gasteiger partial charge in [-0.3, -0.25) is 9.59 Å². The molecule has 1 amide bonds. The number of hydrogen-bond acceptors (Lipinski definition) is 4. The fourth-order valence-electron chi connectivity index (χ4n) is 3.42. The molecule has 0 spiro atoms. The Balaban J connectivity index is 1.64. The van der Waals surface area contributed by atoms with Crippen LogP contribution in [0.15, 0.2) is 89.7 Å². The van der Waals surface area contributed by atoms with Gasteiger partial charge in [-0.15, -0.1) is 0 Å². The van der Waals surface area contributed by atoms with Gasteiger partial charge in [-0.2, -0.15) is 0 Å². The van der Waals surface area contributed by atoms with Crippen LogP contribution in [-0.2, 0) is 0 Å². The van der Waals surface area contributed by atoms with Gasteiger partial charge in [0.05, 0.1) is 11.2 Å². The van der Waals surface area contributed by atoms with Crippen molar-refractivity contribution in [3.05, 3.63) is 101 Å². The van der Waals surface area contributed by atoms with E-state index in [0.717, 1.165) is 21.9 Å². The number of nitrogens with one attached hydrogen (secondary N) is 2. The summed E-state index contributed by atoms with van der Waals surface area (Å²) in [6.07, 6.45) is 0. The summed E-state index contributed by atoms with van der Waals surface area (Å²) in [7, 11) is 0. The van der Waals surface area contributed by atoms with Crippen molar-refractivity contribution in [1.29, 1.82) is 0 Å². The normalized spacial score (nSPS) is 10.9. The number of anilines is 1. The van der Waals surface area contributed by atoms with E-state index in [9.17, 15) is 9.59 Å². The number of para-hydroxylation sites is 2. The Kier molecular flexibility index (Phi) is 4.29. The van der Waals surface area contributed by atoms with Gasteiger partial charge in [0.15, 0.2) is 0 Å². The second-order valence-corrected chi connectivity index (χ2v) is 6.83. The summed E-state index contributed by atoms with van der Waals surface area (Å²) in [6, 6.07) is 26.1. The van der Waals surface area contributed by atoms with Crippen molar-refractivity contribution in [2.45, 2.75) is 0 Å². The zero-order valence-corrected chi connectivity index (χ0v) is 15.8. The molecule has 2 aromatic heterocycles. The third kappa shape index (κ3) is 3.20. The molecule has 0 aliphatic carbocycles. The number of amides is 1. The molecule has 0 aliphatic heterocycles. The summed E-state index contributed by atoms with van der Waals surface area (Å²) in [5.41, 5.74) is 2.50. The number of aromatic amines is 1. The van der Waals surface area contributed by atoms with Crippen LogP contribution in [0.4, 0.5) is 5.82 Å². The summed E-state index contributed by atoms with van der Waals surface area (Å²) in [4.78, 5) is 37.3. The zero-order chi connectivity index (χ0) is 20.5. The first-order valence-corrected chi connectivity index (χ1v) is 9.45. The molecule has 0 fully saturated rings. The summed E-state index contributed by atoms with van der Waals surface area (Å²) in [5, 5.41) is 4.27. The van der Waals surface area contributed by atoms with Crippen LogP contribution in [0.3, 0.4) is 0 Å². The van der Waals surface area contributed by atoms with Crippen molar-refractivity contribution in [1.82, 2.24) is 15.0 Å². The van der Waals surface area contributed by atoms with Crippen molar-refractivity contribution in [3.63, 3.8) is 0 Å². The lowest BCUT2D eigenvalue weighted by molar-refractivity contribution is 0.102. The molecule has 5 aromatic rings. The van der Waals surface area contributed by atoms with E-state index in [1.807, 2.05) is 72.8 Å². The Morgan fingerprint density at radius 1 is 0.833 bits per heavy atom. The first-order valence-electron chi connectivity index (χ1n) is 9.45. The lowest BCUT2D eigenvalue weighted by atomic mass is 10.1. The van der Waals surface area contributed by atoms with E-state index >= 15 is 0 Å². The second-order valence-electron chi connectivity index (χ2n) is 6.83. The quantitative estimate of drug-likeness (QED) is 0.477. The molecule has 2 N–H and O–H groups in total. The fraction of sp³-hybridized carbons (Fsp3) is 0. The molecule has 6 nitrogen and oxygen atoms in total. The minimum Gasteiger partial charge on any atom is -0.351 e. The van der Waals surface area contributed by atoms with Gasteiger partial charge >= 0.3 is 5.56 Å². The SMILES string of the molecule is O=C(Nc1nc(-c2ccccc2)c2ccccc2nc1=O)c1cc2ccccc2[nH]1. The smallest absolute Gasteiger partial charge is 0.313 e. The van der Waals surface area contributed by atoms with Gasteiger partial charge in [0.2, 0.25) is 5.82 Å². The van der Waals surface area contributed by atoms with Crippen molar-refractivity contribution < 1.29 is 4.79 Å². The highest BCUT2D eigenvalue weighted by atomic mass is 16.2. The number of carbonyl (C=O) groups is 1. The van der Waals surface area contributed by atoms with Gasteiger partial charge in [-0.05, 0) is 18.2 Å². The van der Waals surface area contributed by atoms with Gasteiger partial charge in [0.25, 0.3) is 5.91 Å². The van der Waals surface area contributed by atoms with Crippen LogP contribution < -0.4 is 10.9 Å². The van der Waals surface area contributed by atoms with Crippen LogP contribution in [0, 0.1) is 0 Å². The van der Waals surface area contributed by atoms with Crippen LogP contribution in [0.1, 0.15) is 10.5 Å². The minimum absolute atomic E-state index is 0.117. The molecule has 2 heterocycles. The number of carbonyl (C=O) groups excluding carboxylic acids is 1. The van der Waals surface area contributed by atoms with Gasteiger partial charge < -0.3 is 10.3 Å². The Hall–Kier alpha value is -4.32. The number of nitrogens with zero attached hydrogens (tertiary/aromatic N) is 2. The molecule has 0 radical (unpaired) electrons. The Morgan fingerprint density at radius 2 is 1.57 bits per heavy atom. The molecule has 144 valence electrons. The van der Waals surface area contributed by atoms with E-state index < -0.39 is 11.5 Å². The van der Waals surface area contributed by atoms with Crippen molar-refractivity contribution in [2.75, 3.05) is 5.32 Å². The highest BCUT2D eigenvalue weighted by Crippen LogP contribution is 2.25. The Morgan fingerprint density at radius 3 is 2.40 bits per heavy atom. The molecule has 0 saturated carbocycles. The number of H-pyrrole nitrogens is 1. The lowest BCUT2D eigenvalue weighted by Gasteiger charge is -2.03. The molecule has 0 saturated heterocycles. The highest BCUT2D eigenvalue weighted by molar-refractivity contribution is 6.05. The maximum atomic E-state index is 12.8. The van der Waals surface area contributed by atoms with Crippen LogP contribution in [-0.4, -0.2) is 20.9 Å². The molecule has 3 aromatic carbocycles. The van der Waals surface area contributed by atoms with Crippen molar-refractivity contribution >= 4 is 33.5 Å². The van der Waals surface area contributed by atoms with Crippen molar-refractivity contribution in [3.8, 4) is 11.3 Å². The monoisotopic (exact) mass is 392 g/mol. The molecule has 0 atom stereocenters. The van der Waals surface area contributed by atoms with Gasteiger partial charge in [0, 0.05) is 21.9 Å². The average Bonchev–Trinajstić information content (AvgIpc) is 3.16. The molecule has 0 aliphatic rings. The predicted molar refractivity (Wildman–Crippen MR) is 117 cm³/mol. The van der Waals surface area contributed by atoms with Crippen LogP contribution >= 0.6 is 0 Å². The molecule has 5 rings (SSSR count). The van der Waals surface area contributed by atoms with Crippen LogP contribution in [0.5, 0.6) is 0 Å². The minimum atomic E-state index is -0.599. The lowest BCUT2D eigenvalue weighted by Crippen LogP contribution is -2.20. The van der Waals surface area contributed by atoms with E-state index in [-0.39, 0.29) is 5.82 Å². The molecule has 6 heteroatoms. The number of fused-ring (bicyclic) bond motifs is 2. The third-order valence-corrected chi connectivity index (χ3v) is 4.86. The standard InChI is InChI=1S/C24H16N4O2/c29-23(20-14-16-10-4-6-12-18(16)25-20)28-22-24(30)26-19-13-7-5-11-17(19)21(27-22)15-8-2-1-3-9-15/h1-14,25H,(H,26,27,28,29,30). The van der Waals surface area contributed by atoms with E-state index in [2.05, 4.69) is 20.3 Å². The van der Waals surface area contributed by atoms with Gasteiger partial charge in [-0.25, -0.2) is 9.97 Å². The van der Waals surface area contributed by atoms with E-state index in [0.29, 0.717) is 16.9 Å². The third-order valence-electron chi connectivity index (χ3n) is 4.86. The number of rotatable bonds is 3. The van der Waals surface area contributed by atoms with Gasteiger partial charge in [-0.1, -0.05) is 66.7 Å². The molecular formula is C24H16N4O2. The number of hydrogen-bond donors (Lipinski definition) is 2. The van der Waals surface area contributed by atoms with E-state index in [1.165, 1.54) is 0 Å². The number of aromatic nitrogens is 3. The molecule has 30 heavy (non-hydrogen) atoms. The molecule has 0 bridgehead atoms. The zero-order valence-electron chi connectivity index (χ0n) is 15.8. The summed E-state index contributed by atoms with van der Waals surface area (Å²) < 4.78 is 0. The number of benzene rings is 3. The Bertz CT molecular complexity index is 1430. The fourth-order valence-corrected chi connectivity index (χ4v) is 3.42. The summed E-state index contributed by atoms with van der Waals surface area (Å²) >= 11 is 0. The van der Waals surface area contributed by atoms with E-state index in [1.54, 1.807) is 12.1 Å². The predicted octanol–water partition coefficient (Wildman–Crippen LogP) is 4.39. The highest BCUT2D eigenvalue weighted by Gasteiger charge is 2.15. The van der Waals surface area contributed by atoms with Crippen LogP contribution in [0.25, 0.3) is 33.1 Å². The van der Waals surface area contributed by atoms with Gasteiger partial charge in [0.1, 0.15) is 5.69 Å². The summed E-state index contributed by atoms with van der Waals surface area (Å²) in [5.74, 6) is -0.569.